The number of thioether (sulfide) groups is 1. The molecule has 0 aliphatic carbocycles. The largest absolute Gasteiger partial charge is 0.301 e. The van der Waals surface area contributed by atoms with E-state index in [0.29, 0.717) is 0 Å². The summed E-state index contributed by atoms with van der Waals surface area (Å²) in [4.78, 5) is 1.16. The summed E-state index contributed by atoms with van der Waals surface area (Å²) in [5.41, 5.74) is 0. The van der Waals surface area contributed by atoms with Crippen molar-refractivity contribution in [3.8, 4) is 0 Å². The Labute approximate surface area is 75.9 Å². The van der Waals surface area contributed by atoms with E-state index in [4.69, 9.17) is 0 Å². The standard InChI is InChI=1S/C8H11N3S/c1-3-4-7-9-10-8-11(7)5-6(2)12-8/h2-5H2,1H3. The number of aromatic nitrogens is 3. The summed E-state index contributed by atoms with van der Waals surface area (Å²) in [6, 6.07) is 0. The number of hydrogen-bond acceptors (Lipinski definition) is 3. The quantitative estimate of drug-likeness (QED) is 0.697. The van der Waals surface area contributed by atoms with Gasteiger partial charge >= 0.3 is 0 Å². The van der Waals surface area contributed by atoms with E-state index in [9.17, 15) is 0 Å². The minimum Gasteiger partial charge on any atom is -0.301 e. The number of nitrogens with zero attached hydrogens (tertiary/aromatic N) is 3. The molecule has 0 spiro atoms. The van der Waals surface area contributed by atoms with Gasteiger partial charge < -0.3 is 4.57 Å². The summed E-state index contributed by atoms with van der Waals surface area (Å²) in [7, 11) is 0. The van der Waals surface area contributed by atoms with Crippen LogP contribution in [0.25, 0.3) is 0 Å². The second-order valence-corrected chi connectivity index (χ2v) is 4.02. The molecule has 12 heavy (non-hydrogen) atoms. The molecular formula is C8H11N3S. The van der Waals surface area contributed by atoms with Gasteiger partial charge in [0.25, 0.3) is 0 Å². The van der Waals surface area contributed by atoms with Crippen LogP contribution in [0.1, 0.15) is 19.2 Å². The highest BCUT2D eigenvalue weighted by Gasteiger charge is 2.19. The maximum absolute atomic E-state index is 4.11. The van der Waals surface area contributed by atoms with Gasteiger partial charge in [-0.25, -0.2) is 0 Å². The molecule has 2 rings (SSSR count). The number of rotatable bonds is 2. The van der Waals surface area contributed by atoms with Crippen LogP contribution in [0.5, 0.6) is 0 Å². The molecule has 0 fully saturated rings. The molecule has 1 aromatic rings. The van der Waals surface area contributed by atoms with Crippen molar-refractivity contribution in [1.82, 2.24) is 14.8 Å². The molecule has 1 aliphatic rings. The number of fused-ring (bicyclic) bond motifs is 1. The fourth-order valence-electron chi connectivity index (χ4n) is 1.30. The lowest BCUT2D eigenvalue weighted by atomic mass is 10.3. The van der Waals surface area contributed by atoms with Crippen LogP contribution in [0.4, 0.5) is 0 Å². The van der Waals surface area contributed by atoms with Crippen LogP contribution in [0.2, 0.25) is 0 Å². The van der Waals surface area contributed by atoms with Crippen LogP contribution < -0.4 is 0 Å². The molecule has 0 amide bonds. The van der Waals surface area contributed by atoms with Gasteiger partial charge in [-0.15, -0.1) is 10.2 Å². The van der Waals surface area contributed by atoms with E-state index >= 15 is 0 Å². The molecule has 3 nitrogen and oxygen atoms in total. The minimum absolute atomic E-state index is 0.891. The first kappa shape index (κ1) is 7.86. The monoisotopic (exact) mass is 181 g/mol. The van der Waals surface area contributed by atoms with Gasteiger partial charge in [-0.2, -0.15) is 0 Å². The van der Waals surface area contributed by atoms with E-state index in [1.54, 1.807) is 11.8 Å². The van der Waals surface area contributed by atoms with Crippen LogP contribution in [0.15, 0.2) is 16.6 Å². The Morgan fingerprint density at radius 2 is 2.42 bits per heavy atom. The predicted molar refractivity (Wildman–Crippen MR) is 49.0 cm³/mol. The Hall–Kier alpha value is -0.770. The Kier molecular flexibility index (Phi) is 1.92. The van der Waals surface area contributed by atoms with Crippen molar-refractivity contribution in [2.75, 3.05) is 0 Å². The molecule has 1 aliphatic heterocycles. The van der Waals surface area contributed by atoms with Crippen molar-refractivity contribution >= 4 is 11.8 Å². The van der Waals surface area contributed by atoms with E-state index in [2.05, 4.69) is 28.3 Å². The molecule has 0 unspecified atom stereocenters. The third-order valence-corrected chi connectivity index (χ3v) is 2.74. The average molecular weight is 181 g/mol. The van der Waals surface area contributed by atoms with E-state index in [1.807, 2.05) is 0 Å². The minimum atomic E-state index is 0.891. The highest BCUT2D eigenvalue weighted by molar-refractivity contribution is 8.03. The van der Waals surface area contributed by atoms with Gasteiger partial charge in [0.1, 0.15) is 5.82 Å². The first-order valence-electron chi connectivity index (χ1n) is 4.09. The Morgan fingerprint density at radius 1 is 1.58 bits per heavy atom. The van der Waals surface area contributed by atoms with Crippen LogP contribution in [-0.2, 0) is 13.0 Å². The fraction of sp³-hybridized carbons (Fsp3) is 0.500. The molecular weight excluding hydrogens is 170 g/mol. The fourth-order valence-corrected chi connectivity index (χ4v) is 2.11. The molecule has 0 radical (unpaired) electrons. The third-order valence-electron chi connectivity index (χ3n) is 1.84. The van der Waals surface area contributed by atoms with Crippen molar-refractivity contribution in [2.24, 2.45) is 0 Å². The summed E-state index contributed by atoms with van der Waals surface area (Å²) in [5.74, 6) is 1.10. The smallest absolute Gasteiger partial charge is 0.196 e. The van der Waals surface area contributed by atoms with Crippen LogP contribution in [0.3, 0.4) is 0 Å². The zero-order chi connectivity index (χ0) is 8.55. The topological polar surface area (TPSA) is 30.7 Å². The molecule has 0 N–H and O–H groups in total. The number of hydrogen-bond donors (Lipinski definition) is 0. The Balaban J connectivity index is 2.30. The van der Waals surface area contributed by atoms with Gasteiger partial charge in [-0.1, -0.05) is 25.3 Å². The van der Waals surface area contributed by atoms with Gasteiger partial charge in [0.05, 0.1) is 6.54 Å². The van der Waals surface area contributed by atoms with E-state index in [-0.39, 0.29) is 0 Å². The maximum Gasteiger partial charge on any atom is 0.196 e. The number of aryl methyl sites for hydroxylation is 1. The summed E-state index contributed by atoms with van der Waals surface area (Å²) < 4.78 is 2.15. The van der Waals surface area contributed by atoms with E-state index in [0.717, 1.165) is 35.3 Å². The van der Waals surface area contributed by atoms with Gasteiger partial charge in [-0.3, -0.25) is 0 Å². The van der Waals surface area contributed by atoms with Crippen molar-refractivity contribution in [2.45, 2.75) is 31.5 Å². The molecule has 4 heteroatoms. The Morgan fingerprint density at radius 3 is 3.17 bits per heavy atom. The zero-order valence-electron chi connectivity index (χ0n) is 7.08. The third kappa shape index (κ3) is 1.16. The van der Waals surface area contributed by atoms with Gasteiger partial charge in [0.15, 0.2) is 5.16 Å². The van der Waals surface area contributed by atoms with Crippen molar-refractivity contribution in [1.29, 1.82) is 0 Å². The van der Waals surface area contributed by atoms with Gasteiger partial charge in [-0.05, 0) is 6.42 Å². The normalized spacial score (nSPS) is 15.2. The lowest BCUT2D eigenvalue weighted by Crippen LogP contribution is -2.00. The summed E-state index contributed by atoms with van der Waals surface area (Å²) >= 11 is 1.63. The van der Waals surface area contributed by atoms with Crippen molar-refractivity contribution < 1.29 is 0 Å². The van der Waals surface area contributed by atoms with Crippen molar-refractivity contribution in [3.63, 3.8) is 0 Å². The summed E-state index contributed by atoms with van der Waals surface area (Å²) in [6.45, 7) is 6.96. The molecule has 0 saturated carbocycles. The molecule has 1 aromatic heterocycles. The molecule has 0 atom stereocenters. The van der Waals surface area contributed by atoms with E-state index < -0.39 is 0 Å². The van der Waals surface area contributed by atoms with Crippen LogP contribution in [-0.4, -0.2) is 14.8 Å². The predicted octanol–water partition coefficient (Wildman–Crippen LogP) is 1.85. The van der Waals surface area contributed by atoms with Crippen LogP contribution in [0, 0.1) is 0 Å². The molecule has 0 saturated heterocycles. The average Bonchev–Trinajstić information content (AvgIpc) is 2.52. The first-order chi connectivity index (χ1) is 5.81. The highest BCUT2D eigenvalue weighted by Crippen LogP contribution is 2.32. The Bertz CT molecular complexity index is 316. The van der Waals surface area contributed by atoms with Crippen LogP contribution >= 0.6 is 11.8 Å². The van der Waals surface area contributed by atoms with Gasteiger partial charge in [0, 0.05) is 11.3 Å². The second kappa shape index (κ2) is 2.94. The van der Waals surface area contributed by atoms with Gasteiger partial charge in [0.2, 0.25) is 0 Å². The molecule has 2 heterocycles. The first-order valence-corrected chi connectivity index (χ1v) is 4.90. The number of allylic oxidation sites excluding steroid dienone is 1. The highest BCUT2D eigenvalue weighted by atomic mass is 32.2. The molecule has 0 aromatic carbocycles. The second-order valence-electron chi connectivity index (χ2n) is 2.88. The lowest BCUT2D eigenvalue weighted by molar-refractivity contribution is 0.681. The molecule has 0 bridgehead atoms. The SMILES string of the molecule is C=C1Cn2c(CCC)nnc2S1. The summed E-state index contributed by atoms with van der Waals surface area (Å²) in [6.07, 6.45) is 2.14. The van der Waals surface area contributed by atoms with E-state index in [1.165, 1.54) is 0 Å². The molecule has 64 valence electrons. The lowest BCUT2D eigenvalue weighted by Gasteiger charge is -1.98. The van der Waals surface area contributed by atoms with Crippen molar-refractivity contribution in [3.05, 3.63) is 17.3 Å². The summed E-state index contributed by atoms with van der Waals surface area (Å²) in [5, 5.41) is 9.20. The zero-order valence-corrected chi connectivity index (χ0v) is 7.89. The maximum atomic E-state index is 4.11.